The summed E-state index contributed by atoms with van der Waals surface area (Å²) in [6, 6.07) is 17.9. The van der Waals surface area contributed by atoms with Gasteiger partial charge in [-0.2, -0.15) is 5.26 Å². The lowest BCUT2D eigenvalue weighted by atomic mass is 10.2. The van der Waals surface area contributed by atoms with E-state index in [0.29, 0.717) is 17.9 Å². The molecule has 100 valence electrons. The van der Waals surface area contributed by atoms with Gasteiger partial charge in [0.1, 0.15) is 24.0 Å². The fraction of sp³-hybridized carbons (Fsp3) is 0.118. The maximum Gasteiger partial charge on any atom is 0.138 e. The third-order valence-electron chi connectivity index (χ3n) is 2.76. The molecule has 0 saturated carbocycles. The Bertz CT molecular complexity index is 629. The van der Waals surface area contributed by atoms with Crippen molar-refractivity contribution in [3.05, 3.63) is 65.7 Å². The maximum absolute atomic E-state index is 9.20. The maximum atomic E-state index is 9.20. The lowest BCUT2D eigenvalue weighted by Crippen LogP contribution is -1.96. The van der Waals surface area contributed by atoms with Crippen molar-refractivity contribution in [2.24, 2.45) is 0 Å². The minimum absolute atomic E-state index is 0.446. The highest BCUT2D eigenvalue weighted by Gasteiger charge is 2.07. The van der Waals surface area contributed by atoms with Crippen molar-refractivity contribution in [1.29, 1.82) is 5.26 Å². The zero-order valence-corrected chi connectivity index (χ0v) is 12.1. The quantitative estimate of drug-likeness (QED) is 0.763. The van der Waals surface area contributed by atoms with Crippen LogP contribution in [0.4, 0.5) is 0 Å². The summed E-state index contributed by atoms with van der Waals surface area (Å²) in [6.45, 7) is 0.446. The molecule has 0 fully saturated rings. The van der Waals surface area contributed by atoms with Crippen LogP contribution in [0.25, 0.3) is 6.08 Å². The second kappa shape index (κ2) is 7.42. The molecule has 0 saturated heterocycles. The van der Waals surface area contributed by atoms with Crippen molar-refractivity contribution >= 4 is 17.8 Å². The first kappa shape index (κ1) is 14.2. The summed E-state index contributed by atoms with van der Waals surface area (Å²) >= 11 is 1.55. The van der Waals surface area contributed by atoms with Crippen molar-refractivity contribution in [3.63, 3.8) is 0 Å². The van der Waals surface area contributed by atoms with Crippen LogP contribution in [-0.2, 0) is 0 Å². The molecule has 0 radical (unpaired) electrons. The lowest BCUT2D eigenvalue weighted by Gasteiger charge is -2.08. The minimum atomic E-state index is 0.446. The average molecular weight is 281 g/mol. The second-order valence-corrected chi connectivity index (χ2v) is 4.92. The number of nitrogens with zero attached hydrogens (tertiary/aromatic N) is 1. The predicted octanol–water partition coefficient (Wildman–Crippen LogP) is 4.37. The molecule has 0 aliphatic rings. The van der Waals surface area contributed by atoms with Gasteiger partial charge < -0.3 is 4.74 Å². The van der Waals surface area contributed by atoms with E-state index in [-0.39, 0.29) is 0 Å². The zero-order valence-electron chi connectivity index (χ0n) is 11.2. The van der Waals surface area contributed by atoms with Crippen molar-refractivity contribution in [2.75, 3.05) is 12.9 Å². The number of ether oxygens (including phenoxy) is 1. The third kappa shape index (κ3) is 3.66. The SMILES string of the molecule is CSc1cccc(OC/C=C/c2ccccc2)c1C#N. The standard InChI is InChI=1S/C17H15NOS/c1-20-17-11-5-10-16(15(17)13-18)19-12-6-9-14-7-3-2-4-8-14/h2-11H,12H2,1H3/b9-6+. The van der Waals surface area contributed by atoms with E-state index in [9.17, 15) is 5.26 Å². The van der Waals surface area contributed by atoms with Gasteiger partial charge in [0.05, 0.1) is 0 Å². The average Bonchev–Trinajstić information content (AvgIpc) is 2.52. The van der Waals surface area contributed by atoms with Crippen LogP contribution < -0.4 is 4.74 Å². The summed E-state index contributed by atoms with van der Waals surface area (Å²) < 4.78 is 5.67. The normalized spacial score (nSPS) is 10.4. The molecule has 2 rings (SSSR count). The van der Waals surface area contributed by atoms with Crippen LogP contribution in [0.15, 0.2) is 59.5 Å². The highest BCUT2D eigenvalue weighted by molar-refractivity contribution is 7.98. The van der Waals surface area contributed by atoms with Gasteiger partial charge in [-0.25, -0.2) is 0 Å². The van der Waals surface area contributed by atoms with Crippen molar-refractivity contribution in [3.8, 4) is 11.8 Å². The molecule has 0 aromatic heterocycles. The van der Waals surface area contributed by atoms with E-state index in [2.05, 4.69) is 6.07 Å². The first-order chi connectivity index (χ1) is 9.85. The Hall–Kier alpha value is -2.18. The Balaban J connectivity index is 2.02. The van der Waals surface area contributed by atoms with Crippen LogP contribution >= 0.6 is 11.8 Å². The highest BCUT2D eigenvalue weighted by atomic mass is 32.2. The molecule has 0 unspecified atom stereocenters. The smallest absolute Gasteiger partial charge is 0.138 e. The summed E-state index contributed by atoms with van der Waals surface area (Å²) in [6.07, 6.45) is 5.90. The molecule has 0 bridgehead atoms. The monoisotopic (exact) mass is 281 g/mol. The van der Waals surface area contributed by atoms with E-state index in [1.54, 1.807) is 11.8 Å². The highest BCUT2D eigenvalue weighted by Crippen LogP contribution is 2.27. The van der Waals surface area contributed by atoms with Crippen molar-refractivity contribution in [2.45, 2.75) is 4.90 Å². The molecule has 2 nitrogen and oxygen atoms in total. The fourth-order valence-electron chi connectivity index (χ4n) is 1.80. The molecule has 0 N–H and O–H groups in total. The molecule has 0 atom stereocenters. The van der Waals surface area contributed by atoms with E-state index in [1.807, 2.05) is 66.9 Å². The number of benzene rings is 2. The molecule has 2 aromatic rings. The van der Waals surface area contributed by atoms with Gasteiger partial charge in [0.25, 0.3) is 0 Å². The second-order valence-electron chi connectivity index (χ2n) is 4.07. The Labute approximate surface area is 123 Å². The lowest BCUT2D eigenvalue weighted by molar-refractivity contribution is 0.361. The van der Waals surface area contributed by atoms with E-state index in [4.69, 9.17) is 4.74 Å². The first-order valence-corrected chi connectivity index (χ1v) is 7.49. The molecule has 0 aliphatic heterocycles. The van der Waals surface area contributed by atoms with Gasteiger partial charge in [-0.15, -0.1) is 11.8 Å². The first-order valence-electron chi connectivity index (χ1n) is 6.26. The topological polar surface area (TPSA) is 33.0 Å². The van der Waals surface area contributed by atoms with Gasteiger partial charge >= 0.3 is 0 Å². The number of rotatable bonds is 5. The Morgan fingerprint density at radius 2 is 1.95 bits per heavy atom. The van der Waals surface area contributed by atoms with Crippen LogP contribution in [0.1, 0.15) is 11.1 Å². The van der Waals surface area contributed by atoms with Crippen LogP contribution in [0, 0.1) is 11.3 Å². The van der Waals surface area contributed by atoms with Crippen LogP contribution in [0.2, 0.25) is 0 Å². The largest absolute Gasteiger partial charge is 0.488 e. The molecule has 0 heterocycles. The molecule has 0 spiro atoms. The van der Waals surface area contributed by atoms with E-state index >= 15 is 0 Å². The van der Waals surface area contributed by atoms with E-state index < -0.39 is 0 Å². The predicted molar refractivity (Wildman–Crippen MR) is 83.9 cm³/mol. The summed E-state index contributed by atoms with van der Waals surface area (Å²) in [7, 11) is 0. The van der Waals surface area contributed by atoms with Crippen LogP contribution in [0.5, 0.6) is 5.75 Å². The van der Waals surface area contributed by atoms with E-state index in [0.717, 1.165) is 10.5 Å². The number of hydrogen-bond donors (Lipinski definition) is 0. The summed E-state index contributed by atoms with van der Waals surface area (Å²) in [5, 5.41) is 9.20. The minimum Gasteiger partial charge on any atom is -0.488 e. The van der Waals surface area contributed by atoms with Gasteiger partial charge in [0.2, 0.25) is 0 Å². The molecule has 20 heavy (non-hydrogen) atoms. The Morgan fingerprint density at radius 1 is 1.15 bits per heavy atom. The zero-order chi connectivity index (χ0) is 14.2. The van der Waals surface area contributed by atoms with Crippen LogP contribution in [-0.4, -0.2) is 12.9 Å². The number of nitriles is 1. The molecule has 0 aliphatic carbocycles. The van der Waals surface area contributed by atoms with Gasteiger partial charge in [-0.1, -0.05) is 42.5 Å². The Kier molecular flexibility index (Phi) is 5.28. The summed E-state index contributed by atoms with van der Waals surface area (Å²) in [5.41, 5.74) is 1.74. The molecule has 0 amide bonds. The van der Waals surface area contributed by atoms with Gasteiger partial charge in [-0.05, 0) is 30.0 Å². The van der Waals surface area contributed by atoms with E-state index in [1.165, 1.54) is 0 Å². The Morgan fingerprint density at radius 3 is 2.65 bits per heavy atom. The van der Waals surface area contributed by atoms with Crippen molar-refractivity contribution in [1.82, 2.24) is 0 Å². The molecule has 3 heteroatoms. The van der Waals surface area contributed by atoms with Gasteiger partial charge in [-0.3, -0.25) is 0 Å². The van der Waals surface area contributed by atoms with Gasteiger partial charge in [0, 0.05) is 4.90 Å². The fourth-order valence-corrected chi connectivity index (χ4v) is 2.36. The summed E-state index contributed by atoms with van der Waals surface area (Å²) in [4.78, 5) is 0.942. The molecular weight excluding hydrogens is 266 g/mol. The number of thioether (sulfide) groups is 1. The van der Waals surface area contributed by atoms with Gasteiger partial charge in [0.15, 0.2) is 0 Å². The third-order valence-corrected chi connectivity index (χ3v) is 3.54. The summed E-state index contributed by atoms with van der Waals surface area (Å²) in [5.74, 6) is 0.636. The number of hydrogen-bond acceptors (Lipinski definition) is 3. The van der Waals surface area contributed by atoms with Crippen LogP contribution in [0.3, 0.4) is 0 Å². The van der Waals surface area contributed by atoms with Crippen molar-refractivity contribution < 1.29 is 4.74 Å². The molecule has 2 aromatic carbocycles. The molecular formula is C17H15NOS.